The summed E-state index contributed by atoms with van der Waals surface area (Å²) in [6, 6.07) is 8.28. The molecule has 0 heterocycles. The summed E-state index contributed by atoms with van der Waals surface area (Å²) in [6.07, 6.45) is 5.87. The molecule has 1 aromatic carbocycles. The van der Waals surface area contributed by atoms with Crippen LogP contribution in [0.3, 0.4) is 0 Å². The van der Waals surface area contributed by atoms with Crippen molar-refractivity contribution in [3.63, 3.8) is 0 Å². The number of rotatable bonds is 5. The third-order valence-electron chi connectivity index (χ3n) is 4.63. The van der Waals surface area contributed by atoms with E-state index in [9.17, 15) is 0 Å². The van der Waals surface area contributed by atoms with Gasteiger partial charge in [0, 0.05) is 6.54 Å². The standard InChI is InChI=1S/C16H23NO/c1-2-18-16-6-4-3-5-15(16)17-11-14-10-12-7-8-13(14)9-12/h3-6,12-14,17H,2,7-11H2,1H3. The molecule has 2 nitrogen and oxygen atoms in total. The first kappa shape index (κ1) is 11.9. The molecular weight excluding hydrogens is 222 g/mol. The molecule has 2 aliphatic carbocycles. The van der Waals surface area contributed by atoms with Crippen molar-refractivity contribution in [3.8, 4) is 5.75 Å². The Balaban J connectivity index is 1.59. The van der Waals surface area contributed by atoms with Gasteiger partial charge in [-0.3, -0.25) is 0 Å². The highest BCUT2D eigenvalue weighted by molar-refractivity contribution is 5.56. The van der Waals surface area contributed by atoms with Gasteiger partial charge in [0.25, 0.3) is 0 Å². The first-order valence-electron chi connectivity index (χ1n) is 7.32. The van der Waals surface area contributed by atoms with Crippen molar-refractivity contribution in [1.29, 1.82) is 0 Å². The topological polar surface area (TPSA) is 21.3 Å². The summed E-state index contributed by atoms with van der Waals surface area (Å²) in [6.45, 7) is 3.88. The number of ether oxygens (including phenoxy) is 1. The van der Waals surface area contributed by atoms with E-state index in [-0.39, 0.29) is 0 Å². The highest BCUT2D eigenvalue weighted by Gasteiger charge is 2.39. The molecule has 18 heavy (non-hydrogen) atoms. The summed E-state index contributed by atoms with van der Waals surface area (Å²) < 4.78 is 5.65. The van der Waals surface area contributed by atoms with E-state index in [1.54, 1.807) is 0 Å². The first-order chi connectivity index (χ1) is 8.86. The van der Waals surface area contributed by atoms with E-state index in [2.05, 4.69) is 17.4 Å². The number of fused-ring (bicyclic) bond motifs is 2. The molecule has 0 amide bonds. The highest BCUT2D eigenvalue weighted by atomic mass is 16.5. The summed E-state index contributed by atoms with van der Waals surface area (Å²) in [5, 5.41) is 3.60. The van der Waals surface area contributed by atoms with Gasteiger partial charge < -0.3 is 10.1 Å². The van der Waals surface area contributed by atoms with Crippen LogP contribution in [0.2, 0.25) is 0 Å². The van der Waals surface area contributed by atoms with Gasteiger partial charge in [-0.25, -0.2) is 0 Å². The molecule has 2 aliphatic rings. The van der Waals surface area contributed by atoms with Gasteiger partial charge in [0.05, 0.1) is 12.3 Å². The minimum absolute atomic E-state index is 0.729. The van der Waals surface area contributed by atoms with Crippen LogP contribution in [-0.4, -0.2) is 13.2 Å². The Kier molecular flexibility index (Phi) is 3.44. The smallest absolute Gasteiger partial charge is 0.142 e. The number of nitrogens with one attached hydrogen (secondary N) is 1. The van der Waals surface area contributed by atoms with Crippen LogP contribution in [0.4, 0.5) is 5.69 Å². The summed E-state index contributed by atoms with van der Waals surface area (Å²) >= 11 is 0. The van der Waals surface area contributed by atoms with Crippen LogP contribution < -0.4 is 10.1 Å². The maximum Gasteiger partial charge on any atom is 0.142 e. The molecule has 3 atom stereocenters. The fourth-order valence-corrected chi connectivity index (χ4v) is 3.76. The fourth-order valence-electron chi connectivity index (χ4n) is 3.76. The third-order valence-corrected chi connectivity index (χ3v) is 4.63. The molecule has 3 rings (SSSR count). The Bertz CT molecular complexity index is 404. The van der Waals surface area contributed by atoms with Gasteiger partial charge in [-0.1, -0.05) is 18.6 Å². The highest BCUT2D eigenvalue weighted by Crippen LogP contribution is 2.48. The molecule has 2 fully saturated rings. The lowest BCUT2D eigenvalue weighted by molar-refractivity contribution is 0.337. The van der Waals surface area contributed by atoms with Crippen molar-refractivity contribution in [2.75, 3.05) is 18.5 Å². The number of hydrogen-bond donors (Lipinski definition) is 1. The maximum absolute atomic E-state index is 5.65. The molecule has 0 saturated heterocycles. The summed E-state index contributed by atoms with van der Waals surface area (Å²) in [4.78, 5) is 0. The molecule has 2 bridgehead atoms. The van der Waals surface area contributed by atoms with Crippen LogP contribution in [0.25, 0.3) is 0 Å². The molecule has 2 saturated carbocycles. The van der Waals surface area contributed by atoms with E-state index >= 15 is 0 Å². The molecule has 0 aliphatic heterocycles. The van der Waals surface area contributed by atoms with Crippen molar-refractivity contribution in [1.82, 2.24) is 0 Å². The van der Waals surface area contributed by atoms with E-state index in [1.165, 1.54) is 25.7 Å². The predicted molar refractivity (Wildman–Crippen MR) is 75.0 cm³/mol. The number of para-hydroxylation sites is 2. The third kappa shape index (κ3) is 2.33. The van der Waals surface area contributed by atoms with Gasteiger partial charge in [-0.05, 0) is 56.1 Å². The van der Waals surface area contributed by atoms with E-state index in [0.717, 1.165) is 42.3 Å². The predicted octanol–water partition coefficient (Wildman–Crippen LogP) is 3.93. The van der Waals surface area contributed by atoms with Crippen LogP contribution >= 0.6 is 0 Å². The van der Waals surface area contributed by atoms with E-state index in [0.29, 0.717) is 0 Å². The van der Waals surface area contributed by atoms with Crippen LogP contribution in [0.5, 0.6) is 5.75 Å². The zero-order valence-electron chi connectivity index (χ0n) is 11.2. The Hall–Kier alpha value is -1.18. The molecule has 98 valence electrons. The number of benzene rings is 1. The Labute approximate surface area is 110 Å². The summed E-state index contributed by atoms with van der Waals surface area (Å²) in [7, 11) is 0. The maximum atomic E-state index is 5.65. The van der Waals surface area contributed by atoms with Crippen LogP contribution in [-0.2, 0) is 0 Å². The quantitative estimate of drug-likeness (QED) is 0.848. The van der Waals surface area contributed by atoms with Crippen molar-refractivity contribution in [3.05, 3.63) is 24.3 Å². The fraction of sp³-hybridized carbons (Fsp3) is 0.625. The zero-order valence-corrected chi connectivity index (χ0v) is 11.2. The molecule has 3 unspecified atom stereocenters. The van der Waals surface area contributed by atoms with Gasteiger partial charge in [-0.2, -0.15) is 0 Å². The second-order valence-corrected chi connectivity index (χ2v) is 5.75. The minimum Gasteiger partial charge on any atom is -0.492 e. The van der Waals surface area contributed by atoms with E-state index in [1.807, 2.05) is 19.1 Å². The van der Waals surface area contributed by atoms with Gasteiger partial charge in [-0.15, -0.1) is 0 Å². The Morgan fingerprint density at radius 3 is 2.83 bits per heavy atom. The number of hydrogen-bond acceptors (Lipinski definition) is 2. The van der Waals surface area contributed by atoms with Crippen molar-refractivity contribution < 1.29 is 4.74 Å². The first-order valence-corrected chi connectivity index (χ1v) is 7.32. The molecule has 1 N–H and O–H groups in total. The second-order valence-electron chi connectivity index (χ2n) is 5.75. The molecule has 2 heteroatoms. The van der Waals surface area contributed by atoms with Crippen LogP contribution in [0, 0.1) is 17.8 Å². The molecule has 0 radical (unpaired) electrons. The lowest BCUT2D eigenvalue weighted by Crippen LogP contribution is -2.20. The van der Waals surface area contributed by atoms with Crippen molar-refractivity contribution in [2.24, 2.45) is 17.8 Å². The second kappa shape index (κ2) is 5.21. The number of anilines is 1. The van der Waals surface area contributed by atoms with Gasteiger partial charge in [0.2, 0.25) is 0 Å². The van der Waals surface area contributed by atoms with E-state index in [4.69, 9.17) is 4.74 Å². The van der Waals surface area contributed by atoms with E-state index < -0.39 is 0 Å². The molecule has 1 aromatic rings. The summed E-state index contributed by atoms with van der Waals surface area (Å²) in [5.74, 6) is 3.90. The monoisotopic (exact) mass is 245 g/mol. The Morgan fingerprint density at radius 2 is 2.11 bits per heavy atom. The Morgan fingerprint density at radius 1 is 1.22 bits per heavy atom. The molecular formula is C16H23NO. The van der Waals surface area contributed by atoms with Gasteiger partial charge >= 0.3 is 0 Å². The zero-order chi connectivity index (χ0) is 12.4. The molecule has 0 spiro atoms. The van der Waals surface area contributed by atoms with Gasteiger partial charge in [0.1, 0.15) is 5.75 Å². The van der Waals surface area contributed by atoms with Gasteiger partial charge in [0.15, 0.2) is 0 Å². The summed E-state index contributed by atoms with van der Waals surface area (Å²) in [5.41, 5.74) is 1.15. The molecule has 0 aromatic heterocycles. The average Bonchev–Trinajstić information content (AvgIpc) is 3.00. The van der Waals surface area contributed by atoms with Crippen molar-refractivity contribution in [2.45, 2.75) is 32.6 Å². The van der Waals surface area contributed by atoms with Crippen molar-refractivity contribution >= 4 is 5.69 Å². The normalized spacial score (nSPS) is 29.5. The SMILES string of the molecule is CCOc1ccccc1NCC1CC2CCC1C2. The van der Waals surface area contributed by atoms with Crippen LogP contribution in [0.15, 0.2) is 24.3 Å². The lowest BCUT2D eigenvalue weighted by Gasteiger charge is -2.23. The van der Waals surface area contributed by atoms with Crippen LogP contribution in [0.1, 0.15) is 32.6 Å². The minimum atomic E-state index is 0.729. The largest absolute Gasteiger partial charge is 0.492 e. The lowest BCUT2D eigenvalue weighted by atomic mass is 9.89. The average molecular weight is 245 g/mol.